The Hall–Kier alpha value is -3.65. The summed E-state index contributed by atoms with van der Waals surface area (Å²) in [4.78, 5) is 0. The minimum absolute atomic E-state index is 0.0431. The summed E-state index contributed by atoms with van der Waals surface area (Å²) in [5.41, 5.74) is 15.2. The van der Waals surface area contributed by atoms with Gasteiger partial charge in [0.15, 0.2) is 11.0 Å². The number of para-hydroxylation sites is 2. The van der Waals surface area contributed by atoms with Crippen LogP contribution >= 0.6 is 0 Å². The van der Waals surface area contributed by atoms with E-state index in [-0.39, 0.29) is 16.2 Å². The monoisotopic (exact) mass is 639 g/mol. The second kappa shape index (κ2) is 12.7. The lowest BCUT2D eigenvalue weighted by Crippen LogP contribution is -2.35. The van der Waals surface area contributed by atoms with E-state index in [2.05, 4.69) is 151 Å². The van der Waals surface area contributed by atoms with Crippen molar-refractivity contribution in [1.82, 2.24) is 4.57 Å². The number of aryl methyl sites for hydroxylation is 1. The summed E-state index contributed by atoms with van der Waals surface area (Å²) in [5.74, 6) is 1.95. The van der Waals surface area contributed by atoms with Crippen molar-refractivity contribution in [3.8, 4) is 22.5 Å². The third-order valence-corrected chi connectivity index (χ3v) is 11.5. The predicted molar refractivity (Wildman–Crippen MR) is 207 cm³/mol. The first-order valence-electron chi connectivity index (χ1n) is 18.6. The number of benzene rings is 3. The molecule has 0 bridgehead atoms. The largest absolute Gasteiger partial charge is 0.295 e. The van der Waals surface area contributed by atoms with Gasteiger partial charge in [0.1, 0.15) is 12.2 Å². The molecule has 0 radical (unpaired) electrons. The molecule has 1 heterocycles. The Labute approximate surface area is 291 Å². The Balaban J connectivity index is 1.65. The quantitative estimate of drug-likeness (QED) is 0.144. The normalized spacial score (nSPS) is 18.7. The maximum absolute atomic E-state index is 4.82. The average molecular weight is 640 g/mol. The maximum Gasteiger partial charge on any atom is 0.295 e. The van der Waals surface area contributed by atoms with Crippen LogP contribution in [0.3, 0.4) is 0 Å². The van der Waals surface area contributed by atoms with Crippen LogP contribution in [-0.4, -0.2) is 4.57 Å². The lowest BCUT2D eigenvalue weighted by molar-refractivity contribution is -0.543. The van der Waals surface area contributed by atoms with Gasteiger partial charge in [0.2, 0.25) is 0 Å². The molecule has 2 atom stereocenters. The first kappa shape index (κ1) is 34.2. The fraction of sp³-hybridized carbons (Fsp3) is 0.457. The van der Waals surface area contributed by atoms with E-state index in [1.54, 1.807) is 0 Å². The van der Waals surface area contributed by atoms with Crippen LogP contribution in [-0.2, 0) is 24.8 Å². The molecule has 48 heavy (non-hydrogen) atoms. The predicted octanol–water partition coefficient (Wildman–Crippen LogP) is 12.3. The van der Waals surface area contributed by atoms with Gasteiger partial charge < -0.3 is 0 Å². The Morgan fingerprint density at radius 2 is 1.67 bits per heavy atom. The number of nitrogens with zero attached hydrogens (tertiary/aromatic N) is 2. The molecule has 3 aromatic carbocycles. The minimum Gasteiger partial charge on any atom is -0.221 e. The molecule has 0 saturated heterocycles. The highest BCUT2D eigenvalue weighted by molar-refractivity contribution is 5.86. The standard InChI is InChI=1S/C46H59N2/c1-12-17-35-27-40-38(37-26-34(29-44(6,7)8)23-24-39(37)45(40,9)10)28-36(35)43-47(30-46(11)25-16-18-32(46)4)41-19-14-15-20-42(41)48(43)33(5)22-21-31(3)13-2/h14-16,18-20,23-28,31H,5,12-13,17,21-22,29-30H2,1-4,6-11H3/q+1. The first-order valence-corrected chi connectivity index (χ1v) is 18.6. The maximum atomic E-state index is 4.82. The van der Waals surface area contributed by atoms with Crippen LogP contribution in [0.25, 0.3) is 39.2 Å². The van der Waals surface area contributed by atoms with Crippen LogP contribution in [0.15, 0.2) is 85.0 Å². The molecular formula is C46H59N2+. The lowest BCUT2D eigenvalue weighted by Gasteiger charge is -2.24. The molecule has 1 aromatic heterocycles. The molecule has 2 nitrogen and oxygen atoms in total. The van der Waals surface area contributed by atoms with Crippen molar-refractivity contribution >= 4 is 16.7 Å². The van der Waals surface area contributed by atoms with Gasteiger partial charge in [-0.3, -0.25) is 0 Å². The summed E-state index contributed by atoms with van der Waals surface area (Å²) in [6.45, 7) is 29.3. The summed E-state index contributed by atoms with van der Waals surface area (Å²) in [6, 6.07) is 21.5. The van der Waals surface area contributed by atoms with Crippen molar-refractivity contribution in [3.63, 3.8) is 0 Å². The molecule has 2 heteroatoms. The van der Waals surface area contributed by atoms with Crippen LogP contribution in [0, 0.1) is 16.7 Å². The average Bonchev–Trinajstić information content (AvgIpc) is 3.61. The number of hydrogen-bond acceptors (Lipinski definition) is 0. The Bertz CT molecular complexity index is 1930. The highest BCUT2D eigenvalue weighted by atomic mass is 15.2. The Morgan fingerprint density at radius 1 is 0.938 bits per heavy atom. The number of imidazole rings is 1. The van der Waals surface area contributed by atoms with Crippen molar-refractivity contribution < 1.29 is 4.57 Å². The van der Waals surface area contributed by atoms with E-state index in [1.807, 2.05) is 0 Å². The Kier molecular flexibility index (Phi) is 9.03. The molecule has 4 aromatic rings. The van der Waals surface area contributed by atoms with Gasteiger partial charge >= 0.3 is 0 Å². The molecule has 252 valence electrons. The van der Waals surface area contributed by atoms with E-state index < -0.39 is 0 Å². The van der Waals surface area contributed by atoms with Gasteiger partial charge in [-0.25, -0.2) is 4.57 Å². The number of aromatic nitrogens is 2. The van der Waals surface area contributed by atoms with Crippen LogP contribution in [0.5, 0.6) is 0 Å². The fourth-order valence-electron chi connectivity index (χ4n) is 8.23. The second-order valence-electron chi connectivity index (χ2n) is 17.0. The van der Waals surface area contributed by atoms with Crippen molar-refractivity contribution in [2.45, 2.75) is 120 Å². The van der Waals surface area contributed by atoms with Crippen LogP contribution in [0.1, 0.15) is 117 Å². The van der Waals surface area contributed by atoms with E-state index in [0.717, 1.165) is 38.6 Å². The van der Waals surface area contributed by atoms with Crippen molar-refractivity contribution in [1.29, 1.82) is 0 Å². The summed E-state index contributed by atoms with van der Waals surface area (Å²) in [5, 5.41) is 0. The van der Waals surface area contributed by atoms with Crippen molar-refractivity contribution in [3.05, 3.63) is 107 Å². The third kappa shape index (κ3) is 6.06. The van der Waals surface area contributed by atoms with Crippen molar-refractivity contribution in [2.75, 3.05) is 0 Å². The van der Waals surface area contributed by atoms with Gasteiger partial charge in [-0.15, -0.1) is 0 Å². The molecule has 0 saturated carbocycles. The zero-order valence-corrected chi connectivity index (χ0v) is 31.6. The van der Waals surface area contributed by atoms with Gasteiger partial charge in [-0.1, -0.05) is 135 Å². The summed E-state index contributed by atoms with van der Waals surface area (Å²) in [7, 11) is 0. The van der Waals surface area contributed by atoms with Gasteiger partial charge in [0.05, 0.1) is 5.56 Å². The molecule has 0 amide bonds. The fourth-order valence-corrected chi connectivity index (χ4v) is 8.23. The second-order valence-corrected chi connectivity index (χ2v) is 17.0. The first-order chi connectivity index (χ1) is 22.7. The molecule has 2 unspecified atom stereocenters. The molecule has 2 aliphatic rings. The summed E-state index contributed by atoms with van der Waals surface area (Å²) >= 11 is 0. The van der Waals surface area contributed by atoms with E-state index in [9.17, 15) is 0 Å². The van der Waals surface area contributed by atoms with Gasteiger partial charge in [-0.05, 0) is 96.0 Å². The van der Waals surface area contributed by atoms with Crippen LogP contribution in [0.4, 0.5) is 0 Å². The minimum atomic E-state index is -0.0511. The number of fused-ring (bicyclic) bond motifs is 4. The summed E-state index contributed by atoms with van der Waals surface area (Å²) in [6.07, 6.45) is 13.5. The number of allylic oxidation sites excluding steroid dienone is 5. The molecule has 0 aliphatic heterocycles. The number of rotatable bonds is 11. The topological polar surface area (TPSA) is 8.81 Å². The highest BCUT2D eigenvalue weighted by Gasteiger charge is 2.40. The van der Waals surface area contributed by atoms with E-state index >= 15 is 0 Å². The molecule has 0 N–H and O–H groups in total. The lowest BCUT2D eigenvalue weighted by atomic mass is 9.80. The van der Waals surface area contributed by atoms with Gasteiger partial charge in [0.25, 0.3) is 5.82 Å². The SMILES string of the molecule is C=C(CCC(C)CC)[n+]1c(-c2cc3c(cc2CCC)C(C)(C)c2ccc(CC(C)(C)C)cc2-3)n(CC2(C)C=CC=C2C)c2ccccc21. The smallest absolute Gasteiger partial charge is 0.221 e. The highest BCUT2D eigenvalue weighted by Crippen LogP contribution is 2.51. The van der Waals surface area contributed by atoms with Crippen molar-refractivity contribution in [2.24, 2.45) is 16.7 Å². The molecular weight excluding hydrogens is 581 g/mol. The van der Waals surface area contributed by atoms with E-state index in [0.29, 0.717) is 5.92 Å². The van der Waals surface area contributed by atoms with Crippen LogP contribution in [0.2, 0.25) is 0 Å². The van der Waals surface area contributed by atoms with E-state index in [4.69, 9.17) is 6.58 Å². The molecule has 0 fully saturated rings. The van der Waals surface area contributed by atoms with Gasteiger partial charge in [0, 0.05) is 17.3 Å². The van der Waals surface area contributed by atoms with E-state index in [1.165, 1.54) is 73.5 Å². The Morgan fingerprint density at radius 3 is 2.33 bits per heavy atom. The molecule has 6 rings (SSSR count). The number of hydrogen-bond donors (Lipinski definition) is 0. The molecule has 2 aliphatic carbocycles. The zero-order chi connectivity index (χ0) is 34.6. The molecule has 0 spiro atoms. The third-order valence-electron chi connectivity index (χ3n) is 11.5. The summed E-state index contributed by atoms with van der Waals surface area (Å²) < 4.78 is 5.17. The van der Waals surface area contributed by atoms with Crippen LogP contribution < -0.4 is 4.57 Å². The zero-order valence-electron chi connectivity index (χ0n) is 31.6. The van der Waals surface area contributed by atoms with Gasteiger partial charge in [-0.2, -0.15) is 4.57 Å².